The second kappa shape index (κ2) is 6.70. The monoisotopic (exact) mass is 262 g/mol. The Kier molecular flexibility index (Phi) is 4.69. The molecule has 0 fully saturated rings. The number of rotatable bonds is 6. The van der Waals surface area contributed by atoms with E-state index in [9.17, 15) is 9.18 Å². The quantitative estimate of drug-likeness (QED) is 0.782. The Labute approximate surface area is 110 Å². The highest BCUT2D eigenvalue weighted by atomic mass is 19.1. The number of amides is 1. The average molecular weight is 262 g/mol. The van der Waals surface area contributed by atoms with Crippen LogP contribution in [-0.4, -0.2) is 19.0 Å². The van der Waals surface area contributed by atoms with Crippen LogP contribution in [0, 0.1) is 5.82 Å². The van der Waals surface area contributed by atoms with Crippen molar-refractivity contribution in [1.82, 2.24) is 10.6 Å². The Bertz CT molecular complexity index is 509. The van der Waals surface area contributed by atoms with Crippen molar-refractivity contribution in [3.63, 3.8) is 0 Å². The van der Waals surface area contributed by atoms with E-state index in [-0.39, 0.29) is 11.7 Å². The van der Waals surface area contributed by atoms with Crippen LogP contribution in [0.5, 0.6) is 0 Å². The minimum Gasteiger partial charge on any atom is -0.468 e. The summed E-state index contributed by atoms with van der Waals surface area (Å²) < 4.78 is 17.8. The molecule has 4 nitrogen and oxygen atoms in total. The van der Waals surface area contributed by atoms with Crippen molar-refractivity contribution >= 4 is 5.91 Å². The standard InChI is InChI=1S/C14H15FN2O2/c15-12-5-3-11(4-6-12)14(18)17-8-7-16-10-13-2-1-9-19-13/h1-6,9,16H,7-8,10H2,(H,17,18). The molecule has 0 aliphatic heterocycles. The Balaban J connectivity index is 1.65. The van der Waals surface area contributed by atoms with Crippen molar-refractivity contribution in [2.45, 2.75) is 6.54 Å². The fourth-order valence-corrected chi connectivity index (χ4v) is 1.59. The second-order valence-electron chi connectivity index (χ2n) is 4.02. The number of carbonyl (C=O) groups excluding carboxylic acids is 1. The second-order valence-corrected chi connectivity index (χ2v) is 4.02. The van der Waals surface area contributed by atoms with Crippen LogP contribution in [0.2, 0.25) is 0 Å². The highest BCUT2D eigenvalue weighted by Gasteiger charge is 2.04. The molecule has 0 aliphatic rings. The first-order valence-corrected chi connectivity index (χ1v) is 6.02. The van der Waals surface area contributed by atoms with Crippen LogP contribution in [0.4, 0.5) is 4.39 Å². The summed E-state index contributed by atoms with van der Waals surface area (Å²) in [5, 5.41) is 5.88. The fourth-order valence-electron chi connectivity index (χ4n) is 1.59. The summed E-state index contributed by atoms with van der Waals surface area (Å²) in [5.74, 6) is 0.293. The molecule has 2 aromatic rings. The van der Waals surface area contributed by atoms with Gasteiger partial charge in [-0.1, -0.05) is 0 Å². The van der Waals surface area contributed by atoms with Gasteiger partial charge in [-0.05, 0) is 36.4 Å². The minimum absolute atomic E-state index is 0.209. The maximum Gasteiger partial charge on any atom is 0.251 e. The number of hydrogen-bond donors (Lipinski definition) is 2. The van der Waals surface area contributed by atoms with Gasteiger partial charge in [-0.25, -0.2) is 4.39 Å². The Morgan fingerprint density at radius 1 is 1.16 bits per heavy atom. The summed E-state index contributed by atoms with van der Waals surface area (Å²) >= 11 is 0. The Hall–Kier alpha value is -2.14. The third-order valence-electron chi connectivity index (χ3n) is 2.57. The third-order valence-corrected chi connectivity index (χ3v) is 2.57. The molecule has 0 radical (unpaired) electrons. The smallest absolute Gasteiger partial charge is 0.251 e. The highest BCUT2D eigenvalue weighted by molar-refractivity contribution is 5.94. The van der Waals surface area contributed by atoms with Crippen LogP contribution in [0.1, 0.15) is 16.1 Å². The van der Waals surface area contributed by atoms with Crippen molar-refractivity contribution in [1.29, 1.82) is 0 Å². The molecule has 1 amide bonds. The first-order chi connectivity index (χ1) is 9.25. The molecule has 0 aliphatic carbocycles. The molecule has 0 spiro atoms. The van der Waals surface area contributed by atoms with E-state index in [4.69, 9.17) is 4.42 Å². The van der Waals surface area contributed by atoms with Crippen LogP contribution in [-0.2, 0) is 6.54 Å². The first-order valence-electron chi connectivity index (χ1n) is 6.02. The van der Waals surface area contributed by atoms with Gasteiger partial charge in [0.05, 0.1) is 12.8 Å². The lowest BCUT2D eigenvalue weighted by Crippen LogP contribution is -2.31. The highest BCUT2D eigenvalue weighted by Crippen LogP contribution is 2.02. The largest absolute Gasteiger partial charge is 0.468 e. The number of nitrogens with one attached hydrogen (secondary N) is 2. The molecular formula is C14H15FN2O2. The molecule has 2 rings (SSSR count). The van der Waals surface area contributed by atoms with E-state index in [1.54, 1.807) is 6.26 Å². The fraction of sp³-hybridized carbons (Fsp3) is 0.214. The summed E-state index contributed by atoms with van der Waals surface area (Å²) in [5.41, 5.74) is 0.451. The predicted octanol–water partition coefficient (Wildman–Crippen LogP) is 1.94. The molecule has 0 bridgehead atoms. The summed E-state index contributed by atoms with van der Waals surface area (Å²) in [6, 6.07) is 9.16. The van der Waals surface area contributed by atoms with E-state index in [0.717, 1.165) is 5.76 Å². The maximum atomic E-state index is 12.7. The summed E-state index contributed by atoms with van der Waals surface area (Å²) in [6.07, 6.45) is 1.62. The van der Waals surface area contributed by atoms with Crippen LogP contribution in [0.15, 0.2) is 47.1 Å². The lowest BCUT2D eigenvalue weighted by Gasteiger charge is -2.06. The zero-order valence-corrected chi connectivity index (χ0v) is 10.4. The molecule has 0 saturated carbocycles. The van der Waals surface area contributed by atoms with Gasteiger partial charge >= 0.3 is 0 Å². The molecule has 1 heterocycles. The van der Waals surface area contributed by atoms with Gasteiger partial charge in [0.1, 0.15) is 11.6 Å². The Morgan fingerprint density at radius 2 is 1.95 bits per heavy atom. The van der Waals surface area contributed by atoms with Gasteiger partial charge in [0.25, 0.3) is 5.91 Å². The van der Waals surface area contributed by atoms with Crippen molar-refractivity contribution in [2.24, 2.45) is 0 Å². The molecule has 1 aromatic carbocycles. The van der Waals surface area contributed by atoms with Gasteiger partial charge in [-0.15, -0.1) is 0 Å². The number of carbonyl (C=O) groups is 1. The van der Waals surface area contributed by atoms with Crippen LogP contribution >= 0.6 is 0 Å². The first kappa shape index (κ1) is 13.3. The number of furan rings is 1. The molecule has 0 atom stereocenters. The molecule has 2 N–H and O–H groups in total. The maximum absolute atomic E-state index is 12.7. The zero-order chi connectivity index (χ0) is 13.5. The zero-order valence-electron chi connectivity index (χ0n) is 10.4. The van der Waals surface area contributed by atoms with Gasteiger partial charge in [0, 0.05) is 18.7 Å². The number of benzene rings is 1. The van der Waals surface area contributed by atoms with Crippen molar-refractivity contribution in [2.75, 3.05) is 13.1 Å². The third kappa shape index (κ3) is 4.22. The number of halogens is 1. The van der Waals surface area contributed by atoms with Crippen LogP contribution in [0.3, 0.4) is 0 Å². The molecule has 100 valence electrons. The number of hydrogen-bond acceptors (Lipinski definition) is 3. The SMILES string of the molecule is O=C(NCCNCc1ccco1)c1ccc(F)cc1. The van der Waals surface area contributed by atoms with E-state index in [1.165, 1.54) is 24.3 Å². The van der Waals surface area contributed by atoms with Crippen molar-refractivity contribution in [3.05, 3.63) is 59.8 Å². The van der Waals surface area contributed by atoms with Crippen LogP contribution in [0.25, 0.3) is 0 Å². The average Bonchev–Trinajstić information content (AvgIpc) is 2.92. The van der Waals surface area contributed by atoms with Gasteiger partial charge < -0.3 is 15.1 Å². The van der Waals surface area contributed by atoms with E-state index >= 15 is 0 Å². The van der Waals surface area contributed by atoms with E-state index in [0.29, 0.717) is 25.2 Å². The summed E-state index contributed by atoms with van der Waals surface area (Å²) in [4.78, 5) is 11.7. The molecule has 0 saturated heterocycles. The van der Waals surface area contributed by atoms with E-state index in [2.05, 4.69) is 10.6 Å². The van der Waals surface area contributed by atoms with Crippen molar-refractivity contribution < 1.29 is 13.6 Å². The van der Waals surface area contributed by atoms with E-state index in [1.807, 2.05) is 12.1 Å². The molecule has 1 aromatic heterocycles. The summed E-state index contributed by atoms with van der Waals surface area (Å²) in [6.45, 7) is 1.75. The van der Waals surface area contributed by atoms with Gasteiger partial charge in [0.15, 0.2) is 0 Å². The van der Waals surface area contributed by atoms with Crippen LogP contribution < -0.4 is 10.6 Å². The lowest BCUT2D eigenvalue weighted by molar-refractivity contribution is 0.0954. The molecular weight excluding hydrogens is 247 g/mol. The molecule has 5 heteroatoms. The molecule has 19 heavy (non-hydrogen) atoms. The van der Waals surface area contributed by atoms with Gasteiger partial charge in [0.2, 0.25) is 0 Å². The van der Waals surface area contributed by atoms with E-state index < -0.39 is 0 Å². The summed E-state index contributed by atoms with van der Waals surface area (Å²) in [7, 11) is 0. The van der Waals surface area contributed by atoms with Crippen molar-refractivity contribution in [3.8, 4) is 0 Å². The Morgan fingerprint density at radius 3 is 2.63 bits per heavy atom. The van der Waals surface area contributed by atoms with Gasteiger partial charge in [-0.3, -0.25) is 4.79 Å². The normalized spacial score (nSPS) is 10.4. The minimum atomic E-state index is -0.350. The lowest BCUT2D eigenvalue weighted by atomic mass is 10.2. The predicted molar refractivity (Wildman–Crippen MR) is 69.1 cm³/mol. The topological polar surface area (TPSA) is 54.3 Å². The molecule has 0 unspecified atom stereocenters. The van der Waals surface area contributed by atoms with Gasteiger partial charge in [-0.2, -0.15) is 0 Å².